The zero-order valence-electron chi connectivity index (χ0n) is 23.4. The summed E-state index contributed by atoms with van der Waals surface area (Å²) in [6.07, 6.45) is 3.85. The molecule has 43 heavy (non-hydrogen) atoms. The van der Waals surface area contributed by atoms with Gasteiger partial charge in [0, 0.05) is 68.9 Å². The Morgan fingerprint density at radius 2 is 1.79 bits per heavy atom. The van der Waals surface area contributed by atoms with Gasteiger partial charge in [-0.1, -0.05) is 36.5 Å². The third-order valence-corrected chi connectivity index (χ3v) is 8.06. The van der Waals surface area contributed by atoms with Crippen LogP contribution in [0.2, 0.25) is 0 Å². The van der Waals surface area contributed by atoms with Crippen LogP contribution >= 0.6 is 23.6 Å². The quantitative estimate of drug-likeness (QED) is 0.104. The van der Waals surface area contributed by atoms with Gasteiger partial charge in [-0.15, -0.1) is 11.3 Å². The Morgan fingerprint density at radius 1 is 0.977 bits per heavy atom. The molecule has 0 saturated carbocycles. The maximum atomic E-state index is 15.0. The number of halogens is 2. The van der Waals surface area contributed by atoms with Gasteiger partial charge in [0.2, 0.25) is 0 Å². The fraction of sp³-hybridized carbons (Fsp3) is 0.212. The van der Waals surface area contributed by atoms with Gasteiger partial charge in [0.15, 0.2) is 0 Å². The van der Waals surface area contributed by atoms with Crippen LogP contribution in [-0.2, 0) is 28.9 Å². The lowest BCUT2D eigenvalue weighted by atomic mass is 10.0. The summed E-state index contributed by atoms with van der Waals surface area (Å²) in [4.78, 5) is 22.9. The van der Waals surface area contributed by atoms with Crippen molar-refractivity contribution in [3.8, 4) is 22.1 Å². The first-order chi connectivity index (χ1) is 20.9. The van der Waals surface area contributed by atoms with E-state index < -0.39 is 5.82 Å². The molecule has 0 aliphatic carbocycles. The number of Topliss-reactive ketones (excluding diaryl/α,β-unsaturated/α-hetero) is 1. The van der Waals surface area contributed by atoms with Gasteiger partial charge in [-0.3, -0.25) is 14.8 Å². The van der Waals surface area contributed by atoms with Crippen molar-refractivity contribution in [3.63, 3.8) is 0 Å². The van der Waals surface area contributed by atoms with Gasteiger partial charge in [-0.05, 0) is 47.0 Å². The Morgan fingerprint density at radius 3 is 2.53 bits per heavy atom. The molecule has 0 spiro atoms. The Balaban J connectivity index is 1.21. The minimum absolute atomic E-state index is 0.0446. The van der Waals surface area contributed by atoms with Gasteiger partial charge in [0.05, 0.1) is 27.4 Å². The zero-order chi connectivity index (χ0) is 30.2. The fourth-order valence-electron chi connectivity index (χ4n) is 4.45. The average molecular weight is 618 g/mol. The molecule has 0 radical (unpaired) electrons. The van der Waals surface area contributed by atoms with Crippen molar-refractivity contribution in [1.29, 1.82) is 0 Å². The van der Waals surface area contributed by atoms with Gasteiger partial charge in [-0.2, -0.15) is 0 Å². The van der Waals surface area contributed by atoms with E-state index in [0.717, 1.165) is 32.9 Å². The normalized spacial score (nSPS) is 11.1. The number of methoxy groups -OCH3 is 1. The number of carbonyl (C=O) groups excluding carboxylic acids is 1. The molecule has 0 unspecified atom stereocenters. The standard InChI is InChI=1S/C33H29F2N3O3S2/c1-40-13-12-36-19-22-4-9-29(38-20-22)32-18-30-33(43-32)31(10-11-37-30)41-26-8-5-23(28(35)17-26)15-27(42)16-25(39)14-21-2-6-24(34)7-3-21/h2-11,17-18,20,36H,12-16,19H2,1H3. The van der Waals surface area contributed by atoms with Crippen LogP contribution in [0.1, 0.15) is 23.1 Å². The number of ether oxygens (including phenoxy) is 2. The molecule has 0 bridgehead atoms. The van der Waals surface area contributed by atoms with E-state index in [9.17, 15) is 9.18 Å². The van der Waals surface area contributed by atoms with Gasteiger partial charge >= 0.3 is 0 Å². The molecular formula is C33H29F2N3O3S2. The lowest BCUT2D eigenvalue weighted by Gasteiger charge is -2.10. The Hall–Kier alpha value is -3.96. The smallest absolute Gasteiger partial charge is 0.148 e. The number of hydrogen-bond donors (Lipinski definition) is 1. The molecular weight excluding hydrogens is 589 g/mol. The van der Waals surface area contributed by atoms with Crippen LogP contribution in [0.15, 0.2) is 79.1 Å². The third-order valence-electron chi connectivity index (χ3n) is 6.61. The number of nitrogens with zero attached hydrogens (tertiary/aromatic N) is 2. The van der Waals surface area contributed by atoms with Crippen molar-refractivity contribution in [2.24, 2.45) is 0 Å². The average Bonchev–Trinajstić information content (AvgIpc) is 3.44. The molecule has 6 nitrogen and oxygen atoms in total. The minimum atomic E-state index is -0.469. The van der Waals surface area contributed by atoms with Crippen molar-refractivity contribution in [2.45, 2.75) is 25.8 Å². The lowest BCUT2D eigenvalue weighted by molar-refractivity contribution is -0.117. The summed E-state index contributed by atoms with van der Waals surface area (Å²) >= 11 is 6.89. The zero-order valence-corrected chi connectivity index (χ0v) is 25.1. The number of nitrogens with one attached hydrogen (secondary N) is 1. The first-order valence-electron chi connectivity index (χ1n) is 13.7. The van der Waals surface area contributed by atoms with Gasteiger partial charge in [0.1, 0.15) is 28.9 Å². The third kappa shape index (κ3) is 8.32. The van der Waals surface area contributed by atoms with Gasteiger partial charge < -0.3 is 14.8 Å². The van der Waals surface area contributed by atoms with E-state index >= 15 is 4.39 Å². The summed E-state index contributed by atoms with van der Waals surface area (Å²) in [5.41, 5.74) is 3.76. The van der Waals surface area contributed by atoms with Crippen molar-refractivity contribution in [1.82, 2.24) is 15.3 Å². The Bertz CT molecular complexity index is 1720. The lowest BCUT2D eigenvalue weighted by Crippen LogP contribution is -2.18. The number of hydrogen-bond acceptors (Lipinski definition) is 8. The number of ketones is 1. The highest BCUT2D eigenvalue weighted by Crippen LogP contribution is 2.38. The molecule has 2 aromatic carbocycles. The van der Waals surface area contributed by atoms with Crippen molar-refractivity contribution in [2.75, 3.05) is 20.3 Å². The molecule has 3 heterocycles. The largest absolute Gasteiger partial charge is 0.456 e. The van der Waals surface area contributed by atoms with Crippen LogP contribution in [0.25, 0.3) is 20.8 Å². The van der Waals surface area contributed by atoms with E-state index in [4.69, 9.17) is 21.7 Å². The predicted molar refractivity (Wildman–Crippen MR) is 169 cm³/mol. The highest BCUT2D eigenvalue weighted by atomic mass is 32.1. The molecule has 10 heteroatoms. The second-order valence-electron chi connectivity index (χ2n) is 9.94. The maximum absolute atomic E-state index is 15.0. The number of benzene rings is 2. The van der Waals surface area contributed by atoms with Crippen LogP contribution in [0.3, 0.4) is 0 Å². The summed E-state index contributed by atoms with van der Waals surface area (Å²) < 4.78 is 40.1. The molecule has 3 aromatic heterocycles. The molecule has 0 fully saturated rings. The highest BCUT2D eigenvalue weighted by molar-refractivity contribution is 7.80. The topological polar surface area (TPSA) is 73.3 Å². The predicted octanol–water partition coefficient (Wildman–Crippen LogP) is 7.28. The first kappa shape index (κ1) is 30.5. The molecule has 5 aromatic rings. The van der Waals surface area contributed by atoms with Crippen molar-refractivity contribution < 1.29 is 23.0 Å². The van der Waals surface area contributed by atoms with Gasteiger partial charge in [0.25, 0.3) is 0 Å². The van der Waals surface area contributed by atoms with Crippen molar-refractivity contribution in [3.05, 3.63) is 107 Å². The number of rotatable bonds is 14. The van der Waals surface area contributed by atoms with E-state index in [1.54, 1.807) is 43.6 Å². The molecule has 220 valence electrons. The SMILES string of the molecule is COCCNCc1ccc(-c2cc3nccc(Oc4ccc(CC(=S)CC(=O)Cc5ccc(F)cc5)c(F)c4)c3s2)nc1. The second-order valence-corrected chi connectivity index (χ2v) is 11.6. The van der Waals surface area contributed by atoms with E-state index in [0.29, 0.717) is 40.6 Å². The fourth-order valence-corrected chi connectivity index (χ4v) is 5.81. The van der Waals surface area contributed by atoms with Crippen LogP contribution in [0.4, 0.5) is 8.78 Å². The van der Waals surface area contributed by atoms with E-state index in [2.05, 4.69) is 15.3 Å². The Labute approximate surface area is 257 Å². The number of thiophene rings is 1. The molecule has 0 saturated heterocycles. The first-order valence-corrected chi connectivity index (χ1v) is 14.9. The van der Waals surface area contributed by atoms with Crippen molar-refractivity contribution >= 4 is 44.4 Å². The number of fused-ring (bicyclic) bond motifs is 1. The van der Waals surface area contributed by atoms with E-state index in [-0.39, 0.29) is 30.9 Å². The summed E-state index contributed by atoms with van der Waals surface area (Å²) in [7, 11) is 1.67. The van der Waals surface area contributed by atoms with E-state index in [1.807, 2.05) is 24.4 Å². The molecule has 5 rings (SSSR count). The van der Waals surface area contributed by atoms with Crippen LogP contribution in [0.5, 0.6) is 11.5 Å². The van der Waals surface area contributed by atoms with Crippen LogP contribution in [-0.4, -0.2) is 40.9 Å². The molecule has 0 aliphatic rings. The van der Waals surface area contributed by atoms with Gasteiger partial charge in [-0.25, -0.2) is 8.78 Å². The number of aromatic nitrogens is 2. The Kier molecular flexibility index (Phi) is 10.3. The number of pyridine rings is 2. The van der Waals surface area contributed by atoms with Crippen LogP contribution < -0.4 is 10.1 Å². The number of thiocarbonyl (C=S) groups is 1. The second kappa shape index (κ2) is 14.5. The summed E-state index contributed by atoms with van der Waals surface area (Å²) in [5.74, 6) is -0.0247. The molecule has 0 amide bonds. The minimum Gasteiger partial charge on any atom is -0.456 e. The summed E-state index contributed by atoms with van der Waals surface area (Å²) in [5, 5.41) is 3.30. The molecule has 1 N–H and O–H groups in total. The molecule has 0 atom stereocenters. The molecule has 0 aliphatic heterocycles. The highest BCUT2D eigenvalue weighted by Gasteiger charge is 2.15. The van der Waals surface area contributed by atoms with E-state index in [1.165, 1.54) is 29.5 Å². The maximum Gasteiger partial charge on any atom is 0.148 e. The monoisotopic (exact) mass is 617 g/mol. The number of carbonyl (C=O) groups is 1. The summed E-state index contributed by atoms with van der Waals surface area (Å²) in [6.45, 7) is 2.13. The summed E-state index contributed by atoms with van der Waals surface area (Å²) in [6, 6.07) is 18.1. The van der Waals surface area contributed by atoms with Crippen LogP contribution in [0, 0.1) is 11.6 Å².